The van der Waals surface area contributed by atoms with E-state index in [1.165, 1.54) is 5.69 Å². The quantitative estimate of drug-likeness (QED) is 0.883. The zero-order valence-electron chi connectivity index (χ0n) is 14.5. The second-order valence-corrected chi connectivity index (χ2v) is 5.98. The Balaban J connectivity index is 1.61. The first-order valence-electron chi connectivity index (χ1n) is 8.61. The van der Waals surface area contributed by atoms with E-state index in [1.807, 2.05) is 36.5 Å². The van der Waals surface area contributed by atoms with Crippen LogP contribution in [0.15, 0.2) is 48.7 Å². The molecule has 0 spiro atoms. The van der Waals surface area contributed by atoms with Gasteiger partial charge in [0.05, 0.1) is 19.0 Å². The van der Waals surface area contributed by atoms with E-state index in [0.717, 1.165) is 44.2 Å². The molecule has 1 aliphatic heterocycles. The van der Waals surface area contributed by atoms with Crippen molar-refractivity contribution in [2.24, 2.45) is 0 Å². The molecular weight excluding hydrogens is 300 g/mol. The van der Waals surface area contributed by atoms with Gasteiger partial charge in [-0.25, -0.2) is 4.98 Å². The molecule has 1 aliphatic rings. The van der Waals surface area contributed by atoms with Crippen molar-refractivity contribution < 1.29 is 4.74 Å². The van der Waals surface area contributed by atoms with Gasteiger partial charge in [-0.15, -0.1) is 0 Å². The Morgan fingerprint density at radius 3 is 2.50 bits per heavy atom. The van der Waals surface area contributed by atoms with Gasteiger partial charge in [-0.3, -0.25) is 4.90 Å². The molecule has 0 radical (unpaired) electrons. The largest absolute Gasteiger partial charge is 0.495 e. The molecule has 2 heterocycles. The fourth-order valence-electron chi connectivity index (χ4n) is 3.24. The average molecular weight is 326 g/mol. The lowest BCUT2D eigenvalue weighted by atomic mass is 10.2. The number of nitrogens with zero attached hydrogens (tertiary/aromatic N) is 3. The molecule has 0 unspecified atom stereocenters. The van der Waals surface area contributed by atoms with Crippen LogP contribution in [0.2, 0.25) is 0 Å². The zero-order chi connectivity index (χ0) is 16.8. The fourth-order valence-corrected chi connectivity index (χ4v) is 3.24. The average Bonchev–Trinajstić information content (AvgIpc) is 2.67. The molecule has 0 bridgehead atoms. The molecule has 1 atom stereocenters. The van der Waals surface area contributed by atoms with Crippen LogP contribution in [0.5, 0.6) is 5.75 Å². The number of pyridine rings is 1. The van der Waals surface area contributed by atoms with Crippen molar-refractivity contribution in [3.05, 3.63) is 48.7 Å². The molecule has 0 amide bonds. The first-order valence-corrected chi connectivity index (χ1v) is 8.61. The number of benzene rings is 1. The Morgan fingerprint density at radius 1 is 1.08 bits per heavy atom. The summed E-state index contributed by atoms with van der Waals surface area (Å²) in [5.74, 6) is 1.89. The van der Waals surface area contributed by atoms with Crippen LogP contribution in [0.1, 0.15) is 13.3 Å². The molecular formula is C19H26N4O. The summed E-state index contributed by atoms with van der Waals surface area (Å²) in [4.78, 5) is 9.29. The summed E-state index contributed by atoms with van der Waals surface area (Å²) < 4.78 is 5.50. The summed E-state index contributed by atoms with van der Waals surface area (Å²) in [6.45, 7) is 6.27. The van der Waals surface area contributed by atoms with Crippen molar-refractivity contribution in [3.63, 3.8) is 0 Å². The number of methoxy groups -OCH3 is 1. The number of rotatable bonds is 6. The van der Waals surface area contributed by atoms with Crippen molar-refractivity contribution in [1.29, 1.82) is 0 Å². The molecule has 0 aliphatic carbocycles. The van der Waals surface area contributed by atoms with Crippen molar-refractivity contribution in [1.82, 2.24) is 9.88 Å². The molecule has 0 saturated carbocycles. The van der Waals surface area contributed by atoms with Crippen LogP contribution < -0.4 is 15.0 Å². The van der Waals surface area contributed by atoms with E-state index in [1.54, 1.807) is 7.11 Å². The van der Waals surface area contributed by atoms with Crippen molar-refractivity contribution in [2.45, 2.75) is 19.5 Å². The number of ether oxygens (including phenoxy) is 1. The lowest BCUT2D eigenvalue weighted by Crippen LogP contribution is -2.52. The number of anilines is 2. The standard InChI is InChI=1S/C19H26N4O/c1-3-19(21-18-10-6-7-11-20-18)23-14-12-22(13-15-23)16-8-4-5-9-17(16)24-2/h4-11,19H,3,12-15H2,1-2H3,(H,20,21)/t19-/m0/s1. The van der Waals surface area contributed by atoms with Crippen LogP contribution in [0.25, 0.3) is 0 Å². The summed E-state index contributed by atoms with van der Waals surface area (Å²) in [5.41, 5.74) is 1.19. The van der Waals surface area contributed by atoms with Crippen molar-refractivity contribution in [3.8, 4) is 5.75 Å². The molecule has 2 aromatic rings. The van der Waals surface area contributed by atoms with Gasteiger partial charge < -0.3 is 15.0 Å². The van der Waals surface area contributed by atoms with Gasteiger partial charge in [0.2, 0.25) is 0 Å². The minimum Gasteiger partial charge on any atom is -0.495 e. The molecule has 128 valence electrons. The maximum absolute atomic E-state index is 5.50. The molecule has 5 heteroatoms. The topological polar surface area (TPSA) is 40.6 Å². The number of aromatic nitrogens is 1. The van der Waals surface area contributed by atoms with Crippen LogP contribution in [0.3, 0.4) is 0 Å². The molecule has 1 fully saturated rings. The van der Waals surface area contributed by atoms with E-state index in [2.05, 4.69) is 39.2 Å². The van der Waals surface area contributed by atoms with Gasteiger partial charge in [0.1, 0.15) is 11.6 Å². The number of piperazine rings is 1. The number of hydrogen-bond acceptors (Lipinski definition) is 5. The molecule has 1 saturated heterocycles. The second-order valence-electron chi connectivity index (χ2n) is 5.98. The molecule has 1 aromatic heterocycles. The highest BCUT2D eigenvalue weighted by Crippen LogP contribution is 2.28. The van der Waals surface area contributed by atoms with Gasteiger partial charge in [0, 0.05) is 32.4 Å². The highest BCUT2D eigenvalue weighted by atomic mass is 16.5. The van der Waals surface area contributed by atoms with E-state index in [-0.39, 0.29) is 0 Å². The van der Waals surface area contributed by atoms with Gasteiger partial charge in [0.25, 0.3) is 0 Å². The Hall–Kier alpha value is -2.27. The van der Waals surface area contributed by atoms with Crippen LogP contribution in [-0.4, -0.2) is 49.3 Å². The highest BCUT2D eigenvalue weighted by molar-refractivity contribution is 5.58. The number of nitrogens with one attached hydrogen (secondary N) is 1. The van der Waals surface area contributed by atoms with Crippen LogP contribution >= 0.6 is 0 Å². The summed E-state index contributed by atoms with van der Waals surface area (Å²) in [5, 5.41) is 3.55. The lowest BCUT2D eigenvalue weighted by Gasteiger charge is -2.40. The molecule has 5 nitrogen and oxygen atoms in total. The Kier molecular flexibility index (Phi) is 5.54. The number of para-hydroxylation sites is 2. The summed E-state index contributed by atoms with van der Waals surface area (Å²) in [6.07, 6.45) is 3.19. The second kappa shape index (κ2) is 8.02. The Bertz CT molecular complexity index is 626. The molecule has 3 rings (SSSR count). The normalized spacial score (nSPS) is 16.7. The summed E-state index contributed by atoms with van der Waals surface area (Å²) in [6, 6.07) is 14.2. The molecule has 24 heavy (non-hydrogen) atoms. The van der Waals surface area contributed by atoms with Gasteiger partial charge in [0.15, 0.2) is 0 Å². The SMILES string of the molecule is CC[C@@H](Nc1ccccn1)N1CCN(c2ccccc2OC)CC1. The van der Waals surface area contributed by atoms with Gasteiger partial charge >= 0.3 is 0 Å². The van der Waals surface area contributed by atoms with Crippen LogP contribution in [0.4, 0.5) is 11.5 Å². The van der Waals surface area contributed by atoms with Crippen molar-refractivity contribution >= 4 is 11.5 Å². The van der Waals surface area contributed by atoms with E-state index in [0.29, 0.717) is 6.17 Å². The summed E-state index contributed by atoms with van der Waals surface area (Å²) in [7, 11) is 1.74. The maximum atomic E-state index is 5.50. The van der Waals surface area contributed by atoms with E-state index in [9.17, 15) is 0 Å². The van der Waals surface area contributed by atoms with Gasteiger partial charge in [-0.2, -0.15) is 0 Å². The monoisotopic (exact) mass is 326 g/mol. The van der Waals surface area contributed by atoms with Gasteiger partial charge in [-0.05, 0) is 30.7 Å². The lowest BCUT2D eigenvalue weighted by molar-refractivity contribution is 0.198. The zero-order valence-corrected chi connectivity index (χ0v) is 14.5. The highest BCUT2D eigenvalue weighted by Gasteiger charge is 2.24. The van der Waals surface area contributed by atoms with Crippen molar-refractivity contribution in [2.75, 3.05) is 43.5 Å². The number of hydrogen-bond donors (Lipinski definition) is 1. The van der Waals surface area contributed by atoms with E-state index >= 15 is 0 Å². The third-order valence-corrected chi connectivity index (χ3v) is 4.55. The van der Waals surface area contributed by atoms with Crippen LogP contribution in [-0.2, 0) is 0 Å². The van der Waals surface area contributed by atoms with Crippen LogP contribution in [0, 0.1) is 0 Å². The Labute approximate surface area is 144 Å². The minimum atomic E-state index is 0.319. The minimum absolute atomic E-state index is 0.319. The van der Waals surface area contributed by atoms with Gasteiger partial charge in [-0.1, -0.05) is 25.1 Å². The third kappa shape index (κ3) is 3.79. The smallest absolute Gasteiger partial charge is 0.142 e. The Morgan fingerprint density at radius 2 is 1.83 bits per heavy atom. The fraction of sp³-hybridized carbons (Fsp3) is 0.421. The van der Waals surface area contributed by atoms with E-state index in [4.69, 9.17) is 4.74 Å². The molecule has 1 aromatic carbocycles. The molecule has 1 N–H and O–H groups in total. The van der Waals surface area contributed by atoms with E-state index < -0.39 is 0 Å². The first-order chi connectivity index (χ1) is 11.8. The predicted octanol–water partition coefficient (Wildman–Crippen LogP) is 3.06. The predicted molar refractivity (Wildman–Crippen MR) is 98.7 cm³/mol. The summed E-state index contributed by atoms with van der Waals surface area (Å²) >= 11 is 0. The third-order valence-electron chi connectivity index (χ3n) is 4.55. The first kappa shape index (κ1) is 16.6. The maximum Gasteiger partial charge on any atom is 0.142 e.